The highest BCUT2D eigenvalue weighted by atomic mass is 35.5. The molecular weight excluding hydrogens is 466 g/mol. The molecular formula is C23H18Cl2F3NO3. The average Bonchev–Trinajstić information content (AvgIpc) is 3.27. The number of hydrogen-bond donors (Lipinski definition) is 0. The van der Waals surface area contributed by atoms with Crippen molar-refractivity contribution in [2.45, 2.75) is 26.1 Å². The van der Waals surface area contributed by atoms with Crippen LogP contribution >= 0.6 is 23.2 Å². The summed E-state index contributed by atoms with van der Waals surface area (Å²) in [5, 5.41) is 8.79. The molecule has 2 aromatic rings. The van der Waals surface area contributed by atoms with Crippen molar-refractivity contribution in [1.29, 1.82) is 5.26 Å². The van der Waals surface area contributed by atoms with Crippen LogP contribution < -0.4 is 4.74 Å². The third-order valence-electron chi connectivity index (χ3n) is 5.32. The van der Waals surface area contributed by atoms with Crippen molar-refractivity contribution in [1.82, 2.24) is 0 Å². The van der Waals surface area contributed by atoms with Crippen LogP contribution in [0, 0.1) is 28.6 Å². The lowest BCUT2D eigenvalue weighted by molar-refractivity contribution is -0.149. The van der Waals surface area contributed by atoms with E-state index in [9.17, 15) is 23.2 Å². The second kappa shape index (κ2) is 9.05. The van der Waals surface area contributed by atoms with Gasteiger partial charge in [0.05, 0.1) is 5.92 Å². The largest absolute Gasteiger partial charge is 0.457 e. The van der Waals surface area contributed by atoms with Crippen LogP contribution in [0.4, 0.5) is 13.2 Å². The minimum absolute atomic E-state index is 0.367. The summed E-state index contributed by atoms with van der Waals surface area (Å²) < 4.78 is 49.3. The molecule has 1 aliphatic rings. The van der Waals surface area contributed by atoms with Gasteiger partial charge in [-0.3, -0.25) is 4.79 Å². The summed E-state index contributed by atoms with van der Waals surface area (Å²) >= 11 is 11.2. The maximum atomic E-state index is 12.7. The van der Waals surface area contributed by atoms with Gasteiger partial charge in [-0.05, 0) is 47.7 Å². The first-order valence-electron chi connectivity index (χ1n) is 9.51. The number of allylic oxidation sites excluding steroid dienone is 2. The van der Waals surface area contributed by atoms with Crippen LogP contribution in [0.2, 0.25) is 5.02 Å². The van der Waals surface area contributed by atoms with Gasteiger partial charge < -0.3 is 9.47 Å². The van der Waals surface area contributed by atoms with E-state index < -0.39 is 40.5 Å². The van der Waals surface area contributed by atoms with Gasteiger partial charge >= 0.3 is 12.1 Å². The molecule has 3 atom stereocenters. The van der Waals surface area contributed by atoms with Crippen LogP contribution in [0.3, 0.4) is 0 Å². The summed E-state index contributed by atoms with van der Waals surface area (Å²) in [7, 11) is 0. The molecule has 1 aliphatic carbocycles. The molecule has 0 aromatic heterocycles. The Hall–Kier alpha value is -2.69. The Kier molecular flexibility index (Phi) is 6.77. The number of esters is 1. The Morgan fingerprint density at radius 3 is 2.44 bits per heavy atom. The molecule has 1 saturated carbocycles. The van der Waals surface area contributed by atoms with E-state index in [0.717, 1.165) is 6.08 Å². The van der Waals surface area contributed by atoms with E-state index in [1.165, 1.54) is 0 Å². The van der Waals surface area contributed by atoms with Crippen LogP contribution in [0.25, 0.3) is 0 Å². The van der Waals surface area contributed by atoms with Gasteiger partial charge in [0.25, 0.3) is 0 Å². The number of rotatable bonds is 6. The molecule has 9 heteroatoms. The molecule has 32 heavy (non-hydrogen) atoms. The number of alkyl halides is 3. The molecule has 0 radical (unpaired) electrons. The predicted octanol–water partition coefficient (Wildman–Crippen LogP) is 7.20. The smallest absolute Gasteiger partial charge is 0.426 e. The second-order valence-corrected chi connectivity index (χ2v) is 8.76. The van der Waals surface area contributed by atoms with Crippen molar-refractivity contribution in [3.8, 4) is 17.6 Å². The van der Waals surface area contributed by atoms with E-state index in [4.69, 9.17) is 32.7 Å². The Morgan fingerprint density at radius 2 is 1.84 bits per heavy atom. The normalized spacial score (nSPS) is 20.8. The Labute approximate surface area is 193 Å². The molecule has 3 unspecified atom stereocenters. The van der Waals surface area contributed by atoms with Crippen LogP contribution in [0.15, 0.2) is 59.6 Å². The van der Waals surface area contributed by atoms with E-state index in [2.05, 4.69) is 0 Å². The molecule has 0 spiro atoms. The average molecular weight is 484 g/mol. The molecule has 0 heterocycles. The van der Waals surface area contributed by atoms with Crippen molar-refractivity contribution in [3.05, 3.63) is 70.2 Å². The Balaban J connectivity index is 1.72. The van der Waals surface area contributed by atoms with Crippen molar-refractivity contribution in [2.24, 2.45) is 17.3 Å². The van der Waals surface area contributed by atoms with E-state index in [0.29, 0.717) is 22.1 Å². The topological polar surface area (TPSA) is 59.3 Å². The molecule has 1 fully saturated rings. The first kappa shape index (κ1) is 24.0. The monoisotopic (exact) mass is 483 g/mol. The number of nitriles is 1. The second-order valence-electron chi connectivity index (χ2n) is 7.91. The van der Waals surface area contributed by atoms with Gasteiger partial charge in [-0.2, -0.15) is 18.4 Å². The zero-order valence-corrected chi connectivity index (χ0v) is 18.5. The quantitative estimate of drug-likeness (QED) is 0.407. The summed E-state index contributed by atoms with van der Waals surface area (Å²) in [5.74, 6) is -1.43. The Morgan fingerprint density at radius 1 is 1.19 bits per heavy atom. The molecule has 0 N–H and O–H groups in total. The first-order valence-corrected chi connectivity index (χ1v) is 10.3. The molecule has 2 aromatic carbocycles. The predicted molar refractivity (Wildman–Crippen MR) is 113 cm³/mol. The molecule has 3 rings (SSSR count). The number of hydrogen-bond acceptors (Lipinski definition) is 4. The highest BCUT2D eigenvalue weighted by molar-refractivity contribution is 6.30. The molecule has 4 nitrogen and oxygen atoms in total. The van der Waals surface area contributed by atoms with Gasteiger partial charge in [-0.15, -0.1) is 0 Å². The fraction of sp³-hybridized carbons (Fsp3) is 0.304. The van der Waals surface area contributed by atoms with Crippen molar-refractivity contribution in [2.75, 3.05) is 0 Å². The summed E-state index contributed by atoms with van der Waals surface area (Å²) in [6.07, 6.45) is -5.11. The van der Waals surface area contributed by atoms with Crippen molar-refractivity contribution < 1.29 is 27.4 Å². The van der Waals surface area contributed by atoms with Gasteiger partial charge in [0.15, 0.2) is 0 Å². The van der Waals surface area contributed by atoms with Crippen molar-refractivity contribution >= 4 is 29.2 Å². The van der Waals surface area contributed by atoms with Gasteiger partial charge in [-0.25, -0.2) is 0 Å². The number of carbonyl (C=O) groups excluding carboxylic acids is 1. The lowest BCUT2D eigenvalue weighted by Crippen LogP contribution is -2.14. The summed E-state index contributed by atoms with van der Waals surface area (Å²) in [4.78, 5) is 12.6. The van der Waals surface area contributed by atoms with Crippen LogP contribution in [-0.4, -0.2) is 12.1 Å². The number of nitrogens with zero attached hydrogens (tertiary/aromatic N) is 1. The van der Waals surface area contributed by atoms with Crippen molar-refractivity contribution in [3.63, 3.8) is 0 Å². The molecule has 0 bridgehead atoms. The van der Waals surface area contributed by atoms with Gasteiger partial charge in [0.2, 0.25) is 6.10 Å². The van der Waals surface area contributed by atoms with E-state index in [1.807, 2.05) is 6.07 Å². The molecule has 168 valence electrons. The summed E-state index contributed by atoms with van der Waals surface area (Å²) in [6, 6.07) is 15.0. The third kappa shape index (κ3) is 5.37. The third-order valence-corrected chi connectivity index (χ3v) is 5.92. The van der Waals surface area contributed by atoms with Gasteiger partial charge in [0.1, 0.15) is 22.6 Å². The maximum absolute atomic E-state index is 12.7. The standard InChI is InChI=1S/C23H18Cl2F3NO3/c1-22(2)17(11-19(25)23(26,27)28)20(22)21(30)32-18(12-29)13-4-3-5-16(10-13)31-15-8-6-14(24)7-9-15/h3-11,17-18,20H,1-2H3. The van der Waals surface area contributed by atoms with Crippen LogP contribution in [0.5, 0.6) is 11.5 Å². The Bertz CT molecular complexity index is 1080. The van der Waals surface area contributed by atoms with Gasteiger partial charge in [-0.1, -0.05) is 55.3 Å². The zero-order chi connectivity index (χ0) is 23.7. The number of carbonyl (C=O) groups is 1. The zero-order valence-electron chi connectivity index (χ0n) is 17.0. The highest BCUT2D eigenvalue weighted by Gasteiger charge is 2.62. The highest BCUT2D eigenvalue weighted by Crippen LogP contribution is 2.60. The lowest BCUT2D eigenvalue weighted by atomic mass is 10.1. The van der Waals surface area contributed by atoms with E-state index in [1.54, 1.807) is 62.4 Å². The van der Waals surface area contributed by atoms with Crippen LogP contribution in [0.1, 0.15) is 25.5 Å². The molecule has 0 amide bonds. The first-order chi connectivity index (χ1) is 14.9. The fourth-order valence-corrected chi connectivity index (χ4v) is 3.69. The van der Waals surface area contributed by atoms with Gasteiger partial charge in [0, 0.05) is 10.6 Å². The SMILES string of the molecule is CC1(C)C(C=C(Cl)C(F)(F)F)C1C(=O)OC(C#N)c1cccc(Oc2ccc(Cl)cc2)c1. The number of halogens is 5. The molecule has 0 saturated heterocycles. The minimum Gasteiger partial charge on any atom is -0.457 e. The minimum atomic E-state index is -4.69. The van der Waals surface area contributed by atoms with E-state index in [-0.39, 0.29) is 0 Å². The number of ether oxygens (including phenoxy) is 2. The number of benzene rings is 2. The molecule has 0 aliphatic heterocycles. The van der Waals surface area contributed by atoms with Crippen LogP contribution in [-0.2, 0) is 9.53 Å². The lowest BCUT2D eigenvalue weighted by Gasteiger charge is -2.13. The summed E-state index contributed by atoms with van der Waals surface area (Å²) in [6.45, 7) is 3.28. The fourth-order valence-electron chi connectivity index (χ4n) is 3.43. The van der Waals surface area contributed by atoms with E-state index >= 15 is 0 Å². The maximum Gasteiger partial charge on any atom is 0.426 e. The summed E-state index contributed by atoms with van der Waals surface area (Å²) in [5.41, 5.74) is -0.409.